The van der Waals surface area contributed by atoms with Crippen LogP contribution >= 0.6 is 22.9 Å². The van der Waals surface area contributed by atoms with E-state index in [1.54, 1.807) is 0 Å². The van der Waals surface area contributed by atoms with Crippen molar-refractivity contribution in [1.29, 1.82) is 5.26 Å². The predicted molar refractivity (Wildman–Crippen MR) is 64.4 cm³/mol. The van der Waals surface area contributed by atoms with Gasteiger partial charge in [0.15, 0.2) is 0 Å². The van der Waals surface area contributed by atoms with E-state index in [0.717, 1.165) is 20.6 Å². The standard InChI is InChI=1S/C11H8ClN3S/c1-7-6-8(9-2-3-10(12)16-9)15-11(14-7)4-5-13/h2-3,6H,4H2,1H3. The number of hydrogen-bond donors (Lipinski definition) is 0. The summed E-state index contributed by atoms with van der Waals surface area (Å²) in [4.78, 5) is 9.51. The van der Waals surface area contributed by atoms with Gasteiger partial charge in [-0.3, -0.25) is 0 Å². The van der Waals surface area contributed by atoms with E-state index in [2.05, 4.69) is 9.97 Å². The summed E-state index contributed by atoms with van der Waals surface area (Å²) in [7, 11) is 0. The Hall–Kier alpha value is -1.44. The van der Waals surface area contributed by atoms with Crippen molar-refractivity contribution in [1.82, 2.24) is 9.97 Å². The summed E-state index contributed by atoms with van der Waals surface area (Å²) in [6.45, 7) is 1.89. The molecule has 0 aliphatic carbocycles. The molecule has 0 atom stereocenters. The molecule has 0 spiro atoms. The lowest BCUT2D eigenvalue weighted by molar-refractivity contribution is 0.970. The van der Waals surface area contributed by atoms with Gasteiger partial charge in [0, 0.05) is 5.69 Å². The van der Waals surface area contributed by atoms with Gasteiger partial charge >= 0.3 is 0 Å². The number of thiophene rings is 1. The maximum Gasteiger partial charge on any atom is 0.143 e. The molecule has 16 heavy (non-hydrogen) atoms. The molecule has 0 unspecified atom stereocenters. The minimum Gasteiger partial charge on any atom is -0.237 e. The van der Waals surface area contributed by atoms with E-state index in [9.17, 15) is 0 Å². The Bertz CT molecular complexity index is 557. The molecular weight excluding hydrogens is 242 g/mol. The highest BCUT2D eigenvalue weighted by Crippen LogP contribution is 2.29. The van der Waals surface area contributed by atoms with Crippen LogP contribution in [0.3, 0.4) is 0 Å². The number of aromatic nitrogens is 2. The summed E-state index contributed by atoms with van der Waals surface area (Å²) in [5, 5.41) is 8.63. The van der Waals surface area contributed by atoms with E-state index in [0.29, 0.717) is 5.82 Å². The zero-order valence-corrected chi connectivity index (χ0v) is 10.1. The largest absolute Gasteiger partial charge is 0.237 e. The molecule has 5 heteroatoms. The van der Waals surface area contributed by atoms with Crippen LogP contribution in [0.15, 0.2) is 18.2 Å². The van der Waals surface area contributed by atoms with E-state index in [-0.39, 0.29) is 6.42 Å². The molecule has 0 bridgehead atoms. The Kier molecular flexibility index (Phi) is 3.18. The van der Waals surface area contributed by atoms with Crippen LogP contribution in [0, 0.1) is 18.3 Å². The van der Waals surface area contributed by atoms with Gasteiger partial charge in [0.25, 0.3) is 0 Å². The van der Waals surface area contributed by atoms with Crippen LogP contribution in [0.1, 0.15) is 11.5 Å². The second kappa shape index (κ2) is 4.60. The van der Waals surface area contributed by atoms with E-state index >= 15 is 0 Å². The van der Waals surface area contributed by atoms with Crippen LogP contribution in [0.25, 0.3) is 10.6 Å². The summed E-state index contributed by atoms with van der Waals surface area (Å²) >= 11 is 7.34. The fraction of sp³-hybridized carbons (Fsp3) is 0.182. The van der Waals surface area contributed by atoms with Crippen LogP contribution < -0.4 is 0 Å². The molecule has 0 amide bonds. The van der Waals surface area contributed by atoms with Gasteiger partial charge in [-0.25, -0.2) is 9.97 Å². The molecule has 80 valence electrons. The highest BCUT2D eigenvalue weighted by molar-refractivity contribution is 7.19. The number of nitrogens with zero attached hydrogens (tertiary/aromatic N) is 3. The lowest BCUT2D eigenvalue weighted by atomic mass is 10.3. The maximum absolute atomic E-state index is 8.63. The first kappa shape index (κ1) is 11.1. The highest BCUT2D eigenvalue weighted by Gasteiger charge is 2.06. The molecule has 3 nitrogen and oxygen atoms in total. The molecule has 2 heterocycles. The summed E-state index contributed by atoms with van der Waals surface area (Å²) in [6.07, 6.45) is 0.230. The Balaban J connectivity index is 2.45. The number of rotatable bonds is 2. The molecule has 0 aromatic carbocycles. The van der Waals surface area contributed by atoms with Gasteiger partial charge in [-0.05, 0) is 25.1 Å². The summed E-state index contributed by atoms with van der Waals surface area (Å²) in [5.41, 5.74) is 1.69. The summed E-state index contributed by atoms with van der Waals surface area (Å²) in [5.74, 6) is 0.557. The first-order valence-corrected chi connectivity index (χ1v) is 5.85. The van der Waals surface area contributed by atoms with Gasteiger partial charge in [0.2, 0.25) is 0 Å². The molecule has 0 fully saturated rings. The normalized spacial score (nSPS) is 10.1. The molecule has 2 aromatic heterocycles. The Morgan fingerprint density at radius 3 is 2.88 bits per heavy atom. The van der Waals surface area contributed by atoms with Crippen LogP contribution in [-0.2, 0) is 6.42 Å². The second-order valence-electron chi connectivity index (χ2n) is 3.25. The fourth-order valence-electron chi connectivity index (χ4n) is 1.36. The van der Waals surface area contributed by atoms with Gasteiger partial charge in [0.1, 0.15) is 5.82 Å². The first-order valence-electron chi connectivity index (χ1n) is 4.66. The average Bonchev–Trinajstić information content (AvgIpc) is 2.64. The van der Waals surface area contributed by atoms with Crippen LogP contribution in [0.5, 0.6) is 0 Å². The van der Waals surface area contributed by atoms with Gasteiger partial charge in [-0.2, -0.15) is 5.26 Å². The Morgan fingerprint density at radius 1 is 1.44 bits per heavy atom. The molecule has 2 rings (SSSR count). The van der Waals surface area contributed by atoms with E-state index < -0.39 is 0 Å². The van der Waals surface area contributed by atoms with Gasteiger partial charge in [-0.1, -0.05) is 11.6 Å². The minimum absolute atomic E-state index is 0.230. The van der Waals surface area contributed by atoms with Crippen molar-refractivity contribution in [3.63, 3.8) is 0 Å². The first-order chi connectivity index (χ1) is 7.69. The monoisotopic (exact) mass is 249 g/mol. The molecule has 0 N–H and O–H groups in total. The van der Waals surface area contributed by atoms with Crippen LogP contribution in [-0.4, -0.2) is 9.97 Å². The van der Waals surface area contributed by atoms with E-state index in [1.807, 2.05) is 31.2 Å². The van der Waals surface area contributed by atoms with Crippen molar-refractivity contribution in [2.75, 3.05) is 0 Å². The van der Waals surface area contributed by atoms with Crippen molar-refractivity contribution < 1.29 is 0 Å². The third-order valence-corrected chi connectivity index (χ3v) is 3.22. The predicted octanol–water partition coefficient (Wildman–Crippen LogP) is 3.23. The van der Waals surface area contributed by atoms with Crippen molar-refractivity contribution in [2.45, 2.75) is 13.3 Å². The average molecular weight is 250 g/mol. The van der Waals surface area contributed by atoms with Crippen LogP contribution in [0.4, 0.5) is 0 Å². The van der Waals surface area contributed by atoms with Crippen molar-refractivity contribution in [2.24, 2.45) is 0 Å². The number of hydrogen-bond acceptors (Lipinski definition) is 4. The fourth-order valence-corrected chi connectivity index (χ4v) is 2.36. The second-order valence-corrected chi connectivity index (χ2v) is 4.96. The third-order valence-electron chi connectivity index (χ3n) is 1.96. The number of aryl methyl sites for hydroxylation is 1. The Labute approximate surface area is 102 Å². The summed E-state index contributed by atoms with van der Waals surface area (Å²) in [6, 6.07) is 7.70. The zero-order valence-electron chi connectivity index (χ0n) is 8.57. The maximum atomic E-state index is 8.63. The zero-order chi connectivity index (χ0) is 11.5. The quantitative estimate of drug-likeness (QED) is 0.821. The lowest BCUT2D eigenvalue weighted by Gasteiger charge is -2.01. The number of nitriles is 1. The lowest BCUT2D eigenvalue weighted by Crippen LogP contribution is -1.97. The van der Waals surface area contributed by atoms with Crippen LogP contribution in [0.2, 0.25) is 4.34 Å². The smallest absolute Gasteiger partial charge is 0.143 e. The van der Waals surface area contributed by atoms with Gasteiger partial charge in [-0.15, -0.1) is 11.3 Å². The number of halogens is 1. The van der Waals surface area contributed by atoms with Crippen molar-refractivity contribution in [3.8, 4) is 16.6 Å². The molecule has 0 aliphatic rings. The van der Waals surface area contributed by atoms with Gasteiger partial charge < -0.3 is 0 Å². The Morgan fingerprint density at radius 2 is 2.25 bits per heavy atom. The molecule has 0 radical (unpaired) electrons. The molecule has 0 saturated carbocycles. The van der Waals surface area contributed by atoms with E-state index in [1.165, 1.54) is 11.3 Å². The van der Waals surface area contributed by atoms with Crippen molar-refractivity contribution in [3.05, 3.63) is 34.1 Å². The third kappa shape index (κ3) is 2.38. The topological polar surface area (TPSA) is 49.6 Å². The molecule has 0 aliphatic heterocycles. The van der Waals surface area contributed by atoms with Crippen molar-refractivity contribution >= 4 is 22.9 Å². The molecule has 0 saturated heterocycles. The molecule has 2 aromatic rings. The SMILES string of the molecule is Cc1cc(-c2ccc(Cl)s2)nc(CC#N)n1. The summed E-state index contributed by atoms with van der Waals surface area (Å²) < 4.78 is 0.730. The highest BCUT2D eigenvalue weighted by atomic mass is 35.5. The molecular formula is C11H8ClN3S. The van der Waals surface area contributed by atoms with Gasteiger partial charge in [0.05, 0.1) is 27.4 Å². The minimum atomic E-state index is 0.230. The van der Waals surface area contributed by atoms with E-state index in [4.69, 9.17) is 16.9 Å².